The summed E-state index contributed by atoms with van der Waals surface area (Å²) in [6, 6.07) is 0.420. The van der Waals surface area contributed by atoms with Gasteiger partial charge in [-0.3, -0.25) is 4.79 Å². The fourth-order valence-electron chi connectivity index (χ4n) is 3.18. The van der Waals surface area contributed by atoms with Gasteiger partial charge < -0.3 is 9.80 Å². The first-order valence-electron chi connectivity index (χ1n) is 7.34. The van der Waals surface area contributed by atoms with Crippen LogP contribution in [-0.4, -0.2) is 35.5 Å². The number of carbonyl (C=O) groups excluding carboxylic acids is 1. The summed E-state index contributed by atoms with van der Waals surface area (Å²) < 4.78 is 0. The lowest BCUT2D eigenvalue weighted by Gasteiger charge is -2.29. The van der Waals surface area contributed by atoms with Gasteiger partial charge in [0.1, 0.15) is 5.69 Å². The Kier molecular flexibility index (Phi) is 3.85. The van der Waals surface area contributed by atoms with Crippen LogP contribution in [0.5, 0.6) is 0 Å². The topological polar surface area (TPSA) is 49.3 Å². The van der Waals surface area contributed by atoms with Crippen LogP contribution < -0.4 is 9.80 Å². The van der Waals surface area contributed by atoms with Crippen molar-refractivity contribution in [2.75, 3.05) is 23.4 Å². The number of likely N-dealkylation sites (N-methyl/N-ethyl adjacent to an activating group) is 1. The molecule has 3 rings (SSSR count). The summed E-state index contributed by atoms with van der Waals surface area (Å²) in [6.45, 7) is 2.49. The van der Waals surface area contributed by atoms with E-state index < -0.39 is 0 Å². The van der Waals surface area contributed by atoms with Crippen LogP contribution in [0.15, 0.2) is 17.8 Å². The molecular formula is C15H19ClN4O. The lowest BCUT2D eigenvalue weighted by Crippen LogP contribution is -2.36. The summed E-state index contributed by atoms with van der Waals surface area (Å²) in [7, 11) is 1.76. The number of halogens is 1. The Morgan fingerprint density at radius 2 is 2.10 bits per heavy atom. The van der Waals surface area contributed by atoms with Gasteiger partial charge in [0.05, 0.1) is 6.20 Å². The summed E-state index contributed by atoms with van der Waals surface area (Å²) in [5, 5.41) is 0.224. The molecular weight excluding hydrogens is 288 g/mol. The molecule has 1 fully saturated rings. The first-order chi connectivity index (χ1) is 10.1. The SMILES string of the molecule is C/C=C1\CN(C2CCCC2)c2nc(Cl)ncc2N(C)C1=O. The average molecular weight is 307 g/mol. The van der Waals surface area contributed by atoms with Gasteiger partial charge >= 0.3 is 0 Å². The Bertz CT molecular complexity index is 595. The molecule has 0 unspecified atom stereocenters. The van der Waals surface area contributed by atoms with Gasteiger partial charge in [-0.05, 0) is 31.4 Å². The van der Waals surface area contributed by atoms with Gasteiger partial charge in [-0.2, -0.15) is 4.98 Å². The third-order valence-corrected chi connectivity index (χ3v) is 4.57. The summed E-state index contributed by atoms with van der Waals surface area (Å²) in [5.74, 6) is 0.778. The van der Waals surface area contributed by atoms with Gasteiger partial charge in [0.2, 0.25) is 5.28 Å². The molecule has 0 aromatic carbocycles. The number of carbonyl (C=O) groups is 1. The van der Waals surface area contributed by atoms with E-state index >= 15 is 0 Å². The second-order valence-electron chi connectivity index (χ2n) is 5.59. The van der Waals surface area contributed by atoms with E-state index in [1.165, 1.54) is 12.8 Å². The van der Waals surface area contributed by atoms with Crippen LogP contribution in [-0.2, 0) is 4.79 Å². The van der Waals surface area contributed by atoms with Crippen molar-refractivity contribution < 1.29 is 4.79 Å². The maximum Gasteiger partial charge on any atom is 0.255 e. The Morgan fingerprint density at radius 3 is 2.76 bits per heavy atom. The fraction of sp³-hybridized carbons (Fsp3) is 0.533. The van der Waals surface area contributed by atoms with E-state index in [0.717, 1.165) is 29.9 Å². The Labute approximate surface area is 129 Å². The molecule has 1 amide bonds. The smallest absolute Gasteiger partial charge is 0.255 e. The minimum Gasteiger partial charge on any atom is -0.347 e. The number of hydrogen-bond acceptors (Lipinski definition) is 4. The highest BCUT2D eigenvalue weighted by molar-refractivity contribution is 6.28. The van der Waals surface area contributed by atoms with Crippen molar-refractivity contribution in [3.63, 3.8) is 0 Å². The zero-order valence-electron chi connectivity index (χ0n) is 12.3. The predicted molar refractivity (Wildman–Crippen MR) is 83.8 cm³/mol. The third kappa shape index (κ3) is 2.50. The Hall–Kier alpha value is -1.62. The number of aromatic nitrogens is 2. The highest BCUT2D eigenvalue weighted by Crippen LogP contribution is 2.36. The lowest BCUT2D eigenvalue weighted by atomic mass is 10.1. The van der Waals surface area contributed by atoms with Crippen molar-refractivity contribution >= 4 is 29.0 Å². The molecule has 2 heterocycles. The standard InChI is InChI=1S/C15H19ClN4O/c1-3-10-9-20(11-6-4-5-7-11)13-12(19(2)14(10)21)8-17-15(16)18-13/h3,8,11H,4-7,9H2,1-2H3/b10-3+. The molecule has 0 N–H and O–H groups in total. The van der Waals surface area contributed by atoms with Gasteiger partial charge in [0, 0.05) is 25.2 Å². The molecule has 1 aromatic rings. The molecule has 2 aliphatic rings. The quantitative estimate of drug-likeness (QED) is 0.591. The zero-order valence-corrected chi connectivity index (χ0v) is 13.1. The number of nitrogens with zero attached hydrogens (tertiary/aromatic N) is 4. The Morgan fingerprint density at radius 1 is 1.38 bits per heavy atom. The van der Waals surface area contributed by atoms with Crippen molar-refractivity contribution in [2.24, 2.45) is 0 Å². The molecule has 0 bridgehead atoms. The van der Waals surface area contributed by atoms with Gasteiger partial charge in [-0.1, -0.05) is 18.9 Å². The number of fused-ring (bicyclic) bond motifs is 1. The summed E-state index contributed by atoms with van der Waals surface area (Å²) in [5.41, 5.74) is 1.52. The molecule has 0 radical (unpaired) electrons. The third-order valence-electron chi connectivity index (χ3n) is 4.39. The number of hydrogen-bond donors (Lipinski definition) is 0. The van der Waals surface area contributed by atoms with Crippen molar-refractivity contribution in [3.8, 4) is 0 Å². The molecule has 0 spiro atoms. The predicted octanol–water partition coefficient (Wildman–Crippen LogP) is 2.80. The number of allylic oxidation sites excluding steroid dienone is 1. The monoisotopic (exact) mass is 306 g/mol. The normalized spacial score (nSPS) is 21.9. The van der Waals surface area contributed by atoms with Crippen LogP contribution in [0.25, 0.3) is 0 Å². The van der Waals surface area contributed by atoms with E-state index in [1.807, 2.05) is 13.0 Å². The lowest BCUT2D eigenvalue weighted by molar-refractivity contribution is -0.114. The van der Waals surface area contributed by atoms with Crippen LogP contribution in [0, 0.1) is 0 Å². The van der Waals surface area contributed by atoms with Crippen LogP contribution >= 0.6 is 11.6 Å². The molecule has 21 heavy (non-hydrogen) atoms. The van der Waals surface area contributed by atoms with Gasteiger partial charge in [-0.15, -0.1) is 0 Å². The molecule has 5 nitrogen and oxygen atoms in total. The van der Waals surface area contributed by atoms with Crippen molar-refractivity contribution in [1.82, 2.24) is 9.97 Å². The number of rotatable bonds is 1. The number of anilines is 2. The fourth-order valence-corrected chi connectivity index (χ4v) is 3.31. The zero-order chi connectivity index (χ0) is 15.0. The number of amides is 1. The van der Waals surface area contributed by atoms with E-state index in [-0.39, 0.29) is 11.2 Å². The summed E-state index contributed by atoms with van der Waals surface area (Å²) >= 11 is 5.99. The molecule has 0 saturated heterocycles. The molecule has 0 atom stereocenters. The van der Waals surface area contributed by atoms with Crippen LogP contribution in [0.1, 0.15) is 32.6 Å². The molecule has 1 aliphatic heterocycles. The van der Waals surface area contributed by atoms with Gasteiger partial charge in [0.15, 0.2) is 5.82 Å². The van der Waals surface area contributed by atoms with Crippen molar-refractivity contribution in [2.45, 2.75) is 38.6 Å². The maximum absolute atomic E-state index is 12.5. The minimum absolute atomic E-state index is 0.00479. The second kappa shape index (κ2) is 5.64. The van der Waals surface area contributed by atoms with Crippen molar-refractivity contribution in [3.05, 3.63) is 23.1 Å². The molecule has 112 valence electrons. The van der Waals surface area contributed by atoms with E-state index in [0.29, 0.717) is 12.6 Å². The van der Waals surface area contributed by atoms with Crippen molar-refractivity contribution in [1.29, 1.82) is 0 Å². The molecule has 6 heteroatoms. The van der Waals surface area contributed by atoms with Crippen LogP contribution in [0.3, 0.4) is 0 Å². The van der Waals surface area contributed by atoms with Crippen LogP contribution in [0.4, 0.5) is 11.5 Å². The van der Waals surface area contributed by atoms with E-state index in [2.05, 4.69) is 14.9 Å². The van der Waals surface area contributed by atoms with E-state index in [9.17, 15) is 4.79 Å². The minimum atomic E-state index is 0.00479. The average Bonchev–Trinajstić information content (AvgIpc) is 2.98. The maximum atomic E-state index is 12.5. The largest absolute Gasteiger partial charge is 0.347 e. The van der Waals surface area contributed by atoms with Crippen LogP contribution in [0.2, 0.25) is 5.28 Å². The first kappa shape index (κ1) is 14.3. The van der Waals surface area contributed by atoms with Gasteiger partial charge in [0.25, 0.3) is 5.91 Å². The van der Waals surface area contributed by atoms with E-state index in [4.69, 9.17) is 11.6 Å². The Balaban J connectivity index is 2.11. The molecule has 1 aromatic heterocycles. The van der Waals surface area contributed by atoms with Gasteiger partial charge in [-0.25, -0.2) is 4.98 Å². The van der Waals surface area contributed by atoms with E-state index in [1.54, 1.807) is 18.1 Å². The summed E-state index contributed by atoms with van der Waals surface area (Å²) in [4.78, 5) is 24.8. The highest BCUT2D eigenvalue weighted by Gasteiger charge is 2.33. The summed E-state index contributed by atoms with van der Waals surface area (Å²) in [6.07, 6.45) is 8.26. The molecule has 1 aliphatic carbocycles. The first-order valence-corrected chi connectivity index (χ1v) is 7.72. The highest BCUT2D eigenvalue weighted by atomic mass is 35.5. The second-order valence-corrected chi connectivity index (χ2v) is 5.93. The molecule has 1 saturated carbocycles.